The van der Waals surface area contributed by atoms with E-state index in [1.165, 1.54) is 19.4 Å². The Labute approximate surface area is 146 Å². The van der Waals surface area contributed by atoms with Gasteiger partial charge in [-0.2, -0.15) is 9.97 Å². The number of aromatic nitrogens is 2. The van der Waals surface area contributed by atoms with Crippen LogP contribution in [0.4, 0.5) is 8.78 Å². The molecule has 6 nitrogen and oxygen atoms in total. The number of cyclic esters (lactones) is 1. The highest BCUT2D eigenvalue weighted by Crippen LogP contribution is 2.38. The molecule has 1 aliphatic rings. The summed E-state index contributed by atoms with van der Waals surface area (Å²) >= 11 is 0. The number of furan rings is 1. The van der Waals surface area contributed by atoms with Crippen LogP contribution in [0.5, 0.6) is 6.01 Å². The topological polar surface area (TPSA) is 74.5 Å². The maximum Gasteiger partial charge on any atom is 0.343 e. The molecule has 1 atom stereocenters. The predicted octanol–water partition coefficient (Wildman–Crippen LogP) is 3.48. The molecule has 3 heterocycles. The van der Waals surface area contributed by atoms with Crippen molar-refractivity contribution >= 4 is 5.97 Å². The normalized spacial score (nSPS) is 15.7. The average Bonchev–Trinajstić information content (AvgIpc) is 3.26. The summed E-state index contributed by atoms with van der Waals surface area (Å²) in [6, 6.07) is 6.55. The van der Waals surface area contributed by atoms with Gasteiger partial charge in [0.2, 0.25) is 0 Å². The van der Waals surface area contributed by atoms with Crippen molar-refractivity contribution in [3.63, 3.8) is 0 Å². The van der Waals surface area contributed by atoms with E-state index in [1.54, 1.807) is 12.1 Å². The van der Waals surface area contributed by atoms with Crippen LogP contribution in [0.2, 0.25) is 0 Å². The lowest BCUT2D eigenvalue weighted by molar-refractivity contribution is 0.0380. The van der Waals surface area contributed by atoms with Gasteiger partial charge < -0.3 is 13.9 Å². The largest absolute Gasteiger partial charge is 0.467 e. The number of fused-ring (bicyclic) bond motifs is 1. The molecule has 0 radical (unpaired) electrons. The van der Waals surface area contributed by atoms with Crippen LogP contribution in [0.15, 0.2) is 41.0 Å². The quantitative estimate of drug-likeness (QED) is 0.665. The Balaban J connectivity index is 1.79. The van der Waals surface area contributed by atoms with E-state index in [-0.39, 0.29) is 34.9 Å². The molecule has 1 aromatic carbocycles. The van der Waals surface area contributed by atoms with Crippen LogP contribution < -0.4 is 4.74 Å². The van der Waals surface area contributed by atoms with Gasteiger partial charge in [0.05, 0.1) is 13.4 Å². The minimum absolute atomic E-state index is 0.00259. The van der Waals surface area contributed by atoms with Crippen molar-refractivity contribution in [2.45, 2.75) is 12.5 Å². The lowest BCUT2D eigenvalue weighted by atomic mass is 10.0. The van der Waals surface area contributed by atoms with Gasteiger partial charge in [0.15, 0.2) is 5.76 Å². The van der Waals surface area contributed by atoms with Gasteiger partial charge in [-0.05, 0) is 23.8 Å². The summed E-state index contributed by atoms with van der Waals surface area (Å²) in [5.41, 5.74) is 0.864. The number of methoxy groups -OCH3 is 1. The SMILES string of the molecule is COc1nc(-c2ccco2)c2c(n1)C(Cc1ccc(F)cc1F)OC2=O. The van der Waals surface area contributed by atoms with E-state index in [0.29, 0.717) is 5.76 Å². The molecule has 0 aliphatic carbocycles. The Morgan fingerprint density at radius 2 is 2.08 bits per heavy atom. The molecule has 1 aliphatic heterocycles. The molecule has 4 rings (SSSR count). The molecule has 1 unspecified atom stereocenters. The molecule has 0 amide bonds. The van der Waals surface area contributed by atoms with E-state index in [0.717, 1.165) is 12.1 Å². The van der Waals surface area contributed by atoms with Gasteiger partial charge in [0.25, 0.3) is 0 Å². The fourth-order valence-corrected chi connectivity index (χ4v) is 2.84. The van der Waals surface area contributed by atoms with E-state index in [4.69, 9.17) is 13.9 Å². The summed E-state index contributed by atoms with van der Waals surface area (Å²) in [6.45, 7) is 0. The van der Waals surface area contributed by atoms with Crippen molar-refractivity contribution in [3.05, 3.63) is 65.1 Å². The summed E-state index contributed by atoms with van der Waals surface area (Å²) in [4.78, 5) is 20.8. The second kappa shape index (κ2) is 6.21. The molecule has 0 spiro atoms. The Hall–Kier alpha value is -3.29. The Kier molecular flexibility index (Phi) is 3.87. The highest BCUT2D eigenvalue weighted by Gasteiger charge is 2.38. The fourth-order valence-electron chi connectivity index (χ4n) is 2.84. The Morgan fingerprint density at radius 3 is 2.77 bits per heavy atom. The van der Waals surface area contributed by atoms with E-state index in [2.05, 4.69) is 9.97 Å². The monoisotopic (exact) mass is 358 g/mol. The van der Waals surface area contributed by atoms with E-state index in [1.807, 2.05) is 0 Å². The first kappa shape index (κ1) is 16.2. The number of esters is 1. The number of halogens is 2. The first-order valence-electron chi connectivity index (χ1n) is 7.71. The third-order valence-corrected chi connectivity index (χ3v) is 4.03. The van der Waals surface area contributed by atoms with Crippen molar-refractivity contribution in [1.82, 2.24) is 9.97 Å². The van der Waals surface area contributed by atoms with Crippen molar-refractivity contribution in [2.75, 3.05) is 7.11 Å². The number of hydrogen-bond donors (Lipinski definition) is 0. The van der Waals surface area contributed by atoms with Crippen molar-refractivity contribution in [1.29, 1.82) is 0 Å². The first-order chi connectivity index (χ1) is 12.6. The minimum atomic E-state index is -0.844. The number of carbonyl (C=O) groups excluding carboxylic acids is 1. The first-order valence-corrected chi connectivity index (χ1v) is 7.71. The highest BCUT2D eigenvalue weighted by molar-refractivity contribution is 5.99. The van der Waals surface area contributed by atoms with Crippen LogP contribution >= 0.6 is 0 Å². The summed E-state index contributed by atoms with van der Waals surface area (Å²) < 4.78 is 42.9. The third kappa shape index (κ3) is 2.69. The maximum atomic E-state index is 14.0. The minimum Gasteiger partial charge on any atom is -0.467 e. The van der Waals surface area contributed by atoms with Gasteiger partial charge >= 0.3 is 12.0 Å². The van der Waals surface area contributed by atoms with E-state index in [9.17, 15) is 13.6 Å². The molecular formula is C18H12F2N2O4. The van der Waals surface area contributed by atoms with Crippen LogP contribution in [0.25, 0.3) is 11.5 Å². The molecule has 0 N–H and O–H groups in total. The van der Waals surface area contributed by atoms with E-state index < -0.39 is 23.7 Å². The highest BCUT2D eigenvalue weighted by atomic mass is 19.1. The molecule has 8 heteroatoms. The summed E-state index contributed by atoms with van der Waals surface area (Å²) in [6.07, 6.45) is 0.605. The predicted molar refractivity (Wildman–Crippen MR) is 84.5 cm³/mol. The maximum absolute atomic E-state index is 14.0. The van der Waals surface area contributed by atoms with Gasteiger partial charge in [-0.25, -0.2) is 13.6 Å². The molecule has 0 bridgehead atoms. The van der Waals surface area contributed by atoms with Crippen LogP contribution in [0, 0.1) is 11.6 Å². The van der Waals surface area contributed by atoms with Crippen LogP contribution in [-0.4, -0.2) is 23.0 Å². The molecule has 0 saturated carbocycles. The summed E-state index contributed by atoms with van der Waals surface area (Å²) in [5.74, 6) is -1.69. The smallest absolute Gasteiger partial charge is 0.343 e. The summed E-state index contributed by atoms with van der Waals surface area (Å²) in [7, 11) is 1.39. The van der Waals surface area contributed by atoms with Crippen molar-refractivity contribution in [3.8, 4) is 17.5 Å². The second-order valence-corrected chi connectivity index (χ2v) is 5.63. The standard InChI is InChI=1S/C18H12F2N2O4/c1-24-18-21-15(12-3-2-6-25-12)14-16(22-18)13(26-17(14)23)7-9-4-5-10(19)8-11(9)20/h2-6,8,13H,7H2,1H3. The van der Waals surface area contributed by atoms with Crippen LogP contribution in [0.1, 0.15) is 27.7 Å². The molecule has 3 aromatic rings. The number of rotatable bonds is 4. The van der Waals surface area contributed by atoms with Gasteiger partial charge in [0, 0.05) is 12.5 Å². The van der Waals surface area contributed by atoms with E-state index >= 15 is 0 Å². The Bertz CT molecular complexity index is 989. The molecule has 0 saturated heterocycles. The lowest BCUT2D eigenvalue weighted by Gasteiger charge is -2.11. The van der Waals surface area contributed by atoms with Crippen molar-refractivity contribution < 1.29 is 27.5 Å². The summed E-state index contributed by atoms with van der Waals surface area (Å²) in [5, 5.41) is 0. The molecule has 132 valence electrons. The number of benzene rings is 1. The zero-order valence-electron chi connectivity index (χ0n) is 13.5. The van der Waals surface area contributed by atoms with Crippen molar-refractivity contribution in [2.24, 2.45) is 0 Å². The van der Waals surface area contributed by atoms with Gasteiger partial charge in [-0.3, -0.25) is 0 Å². The molecule has 2 aromatic heterocycles. The van der Waals surface area contributed by atoms with Gasteiger partial charge in [0.1, 0.15) is 34.7 Å². The number of nitrogens with zero attached hydrogens (tertiary/aromatic N) is 2. The van der Waals surface area contributed by atoms with Crippen LogP contribution in [0.3, 0.4) is 0 Å². The molecular weight excluding hydrogens is 346 g/mol. The number of carbonyl (C=O) groups is 1. The average molecular weight is 358 g/mol. The lowest BCUT2D eigenvalue weighted by Crippen LogP contribution is -2.07. The van der Waals surface area contributed by atoms with Gasteiger partial charge in [-0.1, -0.05) is 6.07 Å². The second-order valence-electron chi connectivity index (χ2n) is 5.63. The zero-order valence-corrected chi connectivity index (χ0v) is 13.5. The Morgan fingerprint density at radius 1 is 1.23 bits per heavy atom. The van der Waals surface area contributed by atoms with Gasteiger partial charge in [-0.15, -0.1) is 0 Å². The third-order valence-electron chi connectivity index (χ3n) is 4.03. The molecule has 0 fully saturated rings. The fraction of sp³-hybridized carbons (Fsp3) is 0.167. The molecule has 26 heavy (non-hydrogen) atoms. The number of hydrogen-bond acceptors (Lipinski definition) is 6. The number of ether oxygens (including phenoxy) is 2. The van der Waals surface area contributed by atoms with Crippen LogP contribution in [-0.2, 0) is 11.2 Å². The zero-order chi connectivity index (χ0) is 18.3.